The van der Waals surface area contributed by atoms with Crippen LogP contribution in [0.4, 0.5) is 0 Å². The zero-order valence-electron chi connectivity index (χ0n) is 28.2. The van der Waals surface area contributed by atoms with Crippen LogP contribution in [-0.4, -0.2) is 42.4 Å². The summed E-state index contributed by atoms with van der Waals surface area (Å²) in [6.45, 7) is 2.63. The number of hydrogen-bond acceptors (Lipinski definition) is 7. The molecular formula is C40H46N2O6S. The summed E-state index contributed by atoms with van der Waals surface area (Å²) in [5.74, 6) is 1.60. The molecule has 3 N–H and O–H groups in total. The Morgan fingerprint density at radius 1 is 0.837 bits per heavy atom. The number of rotatable bonds is 16. The quantitative estimate of drug-likeness (QED) is 0.0830. The maximum atomic E-state index is 12.4. The van der Waals surface area contributed by atoms with E-state index in [0.717, 1.165) is 69.0 Å². The summed E-state index contributed by atoms with van der Waals surface area (Å²) in [5.41, 5.74) is 6.02. The van der Waals surface area contributed by atoms with Crippen LogP contribution < -0.4 is 15.4 Å². The SMILES string of the molecule is COc1ccccc1SCC1CC(c2ccc(CO)cc2)OC(c2ccc(-c3cccc(CNC(=O)CCCCCNC(C)=O)c3)cc2)O1. The number of aliphatic hydroxyl groups is 1. The largest absolute Gasteiger partial charge is 0.496 e. The monoisotopic (exact) mass is 682 g/mol. The highest BCUT2D eigenvalue weighted by molar-refractivity contribution is 7.99. The van der Waals surface area contributed by atoms with Gasteiger partial charge in [0.15, 0.2) is 6.29 Å². The van der Waals surface area contributed by atoms with Crippen LogP contribution in [0.5, 0.6) is 5.75 Å². The van der Waals surface area contributed by atoms with Gasteiger partial charge in [-0.15, -0.1) is 11.8 Å². The van der Waals surface area contributed by atoms with E-state index in [0.29, 0.717) is 25.9 Å². The summed E-state index contributed by atoms with van der Waals surface area (Å²) >= 11 is 1.72. The number of thioether (sulfide) groups is 1. The van der Waals surface area contributed by atoms with Crippen LogP contribution in [0.3, 0.4) is 0 Å². The van der Waals surface area contributed by atoms with Crippen molar-refractivity contribution in [3.05, 3.63) is 119 Å². The second-order valence-electron chi connectivity index (χ2n) is 12.2. The van der Waals surface area contributed by atoms with Gasteiger partial charge < -0.3 is 30.0 Å². The number of unbranched alkanes of at least 4 members (excludes halogenated alkanes) is 2. The van der Waals surface area contributed by atoms with E-state index in [2.05, 4.69) is 53.1 Å². The fourth-order valence-electron chi connectivity index (χ4n) is 5.78. The molecule has 0 saturated carbocycles. The van der Waals surface area contributed by atoms with E-state index >= 15 is 0 Å². The molecule has 1 saturated heterocycles. The first-order chi connectivity index (χ1) is 23.9. The third kappa shape index (κ3) is 10.9. The molecule has 0 aliphatic carbocycles. The predicted octanol–water partition coefficient (Wildman–Crippen LogP) is 7.50. The topological polar surface area (TPSA) is 106 Å². The number of amides is 2. The summed E-state index contributed by atoms with van der Waals surface area (Å²) in [7, 11) is 1.69. The van der Waals surface area contributed by atoms with Crippen LogP contribution in [0.1, 0.15) is 73.7 Å². The van der Waals surface area contributed by atoms with Gasteiger partial charge in [0.2, 0.25) is 11.8 Å². The lowest BCUT2D eigenvalue weighted by molar-refractivity contribution is -0.245. The fourth-order valence-corrected chi connectivity index (χ4v) is 6.83. The molecule has 1 heterocycles. The first-order valence-corrected chi connectivity index (χ1v) is 17.9. The molecule has 9 heteroatoms. The molecule has 0 bridgehead atoms. The summed E-state index contributed by atoms with van der Waals surface area (Å²) in [5, 5.41) is 15.3. The van der Waals surface area contributed by atoms with E-state index in [1.807, 2.05) is 54.6 Å². The van der Waals surface area contributed by atoms with Gasteiger partial charge in [0.25, 0.3) is 0 Å². The van der Waals surface area contributed by atoms with Crippen molar-refractivity contribution in [2.75, 3.05) is 19.4 Å². The first kappa shape index (κ1) is 36.1. The van der Waals surface area contributed by atoms with Crippen molar-refractivity contribution < 1.29 is 28.9 Å². The Morgan fingerprint density at radius 3 is 2.37 bits per heavy atom. The average molecular weight is 683 g/mol. The average Bonchev–Trinajstić information content (AvgIpc) is 3.14. The lowest BCUT2D eigenvalue weighted by atomic mass is 9.99. The smallest absolute Gasteiger partial charge is 0.220 e. The van der Waals surface area contributed by atoms with E-state index in [9.17, 15) is 14.7 Å². The number of benzene rings is 4. The Morgan fingerprint density at radius 2 is 1.61 bits per heavy atom. The number of ether oxygens (including phenoxy) is 3. The molecule has 0 spiro atoms. The van der Waals surface area contributed by atoms with Gasteiger partial charge in [-0.1, -0.05) is 85.3 Å². The molecule has 49 heavy (non-hydrogen) atoms. The van der Waals surface area contributed by atoms with Crippen molar-refractivity contribution >= 4 is 23.6 Å². The van der Waals surface area contributed by atoms with Gasteiger partial charge >= 0.3 is 0 Å². The number of carbonyl (C=O) groups is 2. The van der Waals surface area contributed by atoms with Crippen LogP contribution in [0.2, 0.25) is 0 Å². The van der Waals surface area contributed by atoms with Gasteiger partial charge in [0.1, 0.15) is 5.75 Å². The van der Waals surface area contributed by atoms with Crippen LogP contribution in [0, 0.1) is 0 Å². The minimum absolute atomic E-state index is 0.00262. The molecule has 1 fully saturated rings. The van der Waals surface area contributed by atoms with Gasteiger partial charge in [-0.2, -0.15) is 0 Å². The van der Waals surface area contributed by atoms with Crippen molar-refractivity contribution in [2.45, 2.75) is 75.6 Å². The third-order valence-electron chi connectivity index (χ3n) is 8.50. The molecule has 2 amide bonds. The highest BCUT2D eigenvalue weighted by atomic mass is 32.2. The van der Waals surface area contributed by atoms with Crippen molar-refractivity contribution in [3.63, 3.8) is 0 Å². The molecular weight excluding hydrogens is 637 g/mol. The van der Waals surface area contributed by atoms with Crippen molar-refractivity contribution in [3.8, 4) is 16.9 Å². The minimum Gasteiger partial charge on any atom is -0.496 e. The lowest BCUT2D eigenvalue weighted by Gasteiger charge is -2.36. The molecule has 3 atom stereocenters. The van der Waals surface area contributed by atoms with Crippen molar-refractivity contribution in [1.82, 2.24) is 10.6 Å². The van der Waals surface area contributed by atoms with Crippen LogP contribution in [0.15, 0.2) is 102 Å². The molecule has 4 aromatic rings. The highest BCUT2D eigenvalue weighted by Gasteiger charge is 2.32. The maximum Gasteiger partial charge on any atom is 0.220 e. The standard InChI is InChI=1S/C40H46N2O6S/c1-28(44)41-22-7-3-4-13-39(45)42-25-30-9-8-10-34(23-30)31-18-20-33(21-19-31)40-47-35(27-49-38-12-6-5-11-36(38)46-2)24-37(48-40)32-16-14-29(26-43)15-17-32/h5-6,8-12,14-21,23,35,37,40,43H,3-4,7,13,22,24-27H2,1-2H3,(H,41,44)(H,42,45). The first-order valence-electron chi connectivity index (χ1n) is 16.9. The maximum absolute atomic E-state index is 12.4. The van der Waals surface area contributed by atoms with E-state index in [1.54, 1.807) is 18.9 Å². The molecule has 0 aromatic heterocycles. The number of nitrogens with one attached hydrogen (secondary N) is 2. The molecule has 258 valence electrons. The summed E-state index contributed by atoms with van der Waals surface area (Å²) in [6, 6.07) is 32.4. The number of methoxy groups -OCH3 is 1. The lowest BCUT2D eigenvalue weighted by Crippen LogP contribution is -2.31. The molecule has 8 nitrogen and oxygen atoms in total. The Kier molecular flexibility index (Phi) is 13.7. The molecule has 4 aromatic carbocycles. The third-order valence-corrected chi connectivity index (χ3v) is 9.68. The van der Waals surface area contributed by atoms with Gasteiger partial charge in [-0.25, -0.2) is 0 Å². The number of para-hydroxylation sites is 1. The van der Waals surface area contributed by atoms with E-state index < -0.39 is 6.29 Å². The highest BCUT2D eigenvalue weighted by Crippen LogP contribution is 2.40. The van der Waals surface area contributed by atoms with E-state index in [-0.39, 0.29) is 30.6 Å². The van der Waals surface area contributed by atoms with Crippen molar-refractivity contribution in [1.29, 1.82) is 0 Å². The van der Waals surface area contributed by atoms with E-state index in [1.165, 1.54) is 6.92 Å². The summed E-state index contributed by atoms with van der Waals surface area (Å²) in [6.07, 6.45) is 2.98. The summed E-state index contributed by atoms with van der Waals surface area (Å²) in [4.78, 5) is 24.4. The zero-order valence-corrected chi connectivity index (χ0v) is 29.0. The molecule has 1 aliphatic rings. The van der Waals surface area contributed by atoms with Crippen LogP contribution in [0.25, 0.3) is 11.1 Å². The second-order valence-corrected chi connectivity index (χ2v) is 13.3. The van der Waals surface area contributed by atoms with Gasteiger partial charge in [-0.3, -0.25) is 9.59 Å². The van der Waals surface area contributed by atoms with Gasteiger partial charge in [0.05, 0.1) is 25.9 Å². The van der Waals surface area contributed by atoms with Crippen LogP contribution >= 0.6 is 11.8 Å². The molecule has 1 aliphatic heterocycles. The van der Waals surface area contributed by atoms with Crippen molar-refractivity contribution in [2.24, 2.45) is 0 Å². The molecule has 3 unspecified atom stereocenters. The fraction of sp³-hybridized carbons (Fsp3) is 0.350. The Hall–Kier alpha value is -4.15. The van der Waals surface area contributed by atoms with Gasteiger partial charge in [-0.05, 0) is 58.9 Å². The molecule has 0 radical (unpaired) electrons. The van der Waals surface area contributed by atoms with Crippen LogP contribution in [-0.2, 0) is 32.2 Å². The predicted molar refractivity (Wildman–Crippen MR) is 193 cm³/mol. The number of aliphatic hydroxyl groups excluding tert-OH is 1. The minimum atomic E-state index is -0.541. The Labute approximate surface area is 293 Å². The molecule has 5 rings (SSSR count). The van der Waals surface area contributed by atoms with E-state index in [4.69, 9.17) is 14.2 Å². The normalized spacial score (nSPS) is 17.3. The number of carbonyl (C=O) groups excluding carboxylic acids is 2. The zero-order chi connectivity index (χ0) is 34.4. The Bertz CT molecular complexity index is 1650. The van der Waals surface area contributed by atoms with Gasteiger partial charge in [0, 0.05) is 49.1 Å². The number of hydrogen-bond donors (Lipinski definition) is 3. The second kappa shape index (κ2) is 18.6. The summed E-state index contributed by atoms with van der Waals surface area (Å²) < 4.78 is 18.7. The Balaban J connectivity index is 1.21.